The second-order valence-electron chi connectivity index (χ2n) is 6.49. The van der Waals surface area contributed by atoms with E-state index in [0.29, 0.717) is 11.5 Å². The summed E-state index contributed by atoms with van der Waals surface area (Å²) < 4.78 is 9.89. The lowest BCUT2D eigenvalue weighted by atomic mass is 10.1. The van der Waals surface area contributed by atoms with E-state index in [1.165, 1.54) is 12.5 Å². The standard InChI is InChI=1S/C19H23N5O4S/c1-3-24(23-8-6-5-7-9-23)18-12(11-20)15(21)17(29-18)16(25)14-10-13(22-28-14)19(26)27-4-2/h10H,3-9,21H2,1-2H3. The summed E-state index contributed by atoms with van der Waals surface area (Å²) in [6.45, 7) is 6.29. The Bertz CT molecular complexity index is 939. The Kier molecular flexibility index (Phi) is 6.51. The predicted molar refractivity (Wildman–Crippen MR) is 108 cm³/mol. The van der Waals surface area contributed by atoms with Crippen LogP contribution in [0, 0.1) is 11.3 Å². The molecule has 0 bridgehead atoms. The number of hydrogen-bond acceptors (Lipinski definition) is 10. The van der Waals surface area contributed by atoms with Crippen LogP contribution in [0.5, 0.6) is 0 Å². The highest BCUT2D eigenvalue weighted by atomic mass is 32.1. The first kappa shape index (κ1) is 20.8. The van der Waals surface area contributed by atoms with Gasteiger partial charge in [-0.2, -0.15) is 5.26 Å². The second kappa shape index (κ2) is 9.07. The van der Waals surface area contributed by atoms with E-state index in [0.717, 1.165) is 37.3 Å². The quantitative estimate of drug-likeness (QED) is 0.534. The van der Waals surface area contributed by atoms with Crippen LogP contribution >= 0.6 is 11.3 Å². The van der Waals surface area contributed by atoms with Crippen LogP contribution in [0.1, 0.15) is 64.6 Å². The molecule has 2 N–H and O–H groups in total. The number of ether oxygens (including phenoxy) is 1. The van der Waals surface area contributed by atoms with Crippen molar-refractivity contribution in [1.82, 2.24) is 10.2 Å². The lowest BCUT2D eigenvalue weighted by Gasteiger charge is -2.37. The summed E-state index contributed by atoms with van der Waals surface area (Å²) in [6, 6.07) is 3.36. The Morgan fingerprint density at radius 1 is 1.38 bits per heavy atom. The Morgan fingerprint density at radius 2 is 2.10 bits per heavy atom. The number of carbonyl (C=O) groups excluding carboxylic acids is 2. The zero-order valence-electron chi connectivity index (χ0n) is 16.4. The number of nitriles is 1. The van der Waals surface area contributed by atoms with E-state index in [9.17, 15) is 14.9 Å². The second-order valence-corrected chi connectivity index (χ2v) is 7.49. The van der Waals surface area contributed by atoms with E-state index in [4.69, 9.17) is 15.0 Å². The fourth-order valence-corrected chi connectivity index (χ4v) is 4.48. The van der Waals surface area contributed by atoms with Gasteiger partial charge < -0.3 is 15.0 Å². The van der Waals surface area contributed by atoms with E-state index in [-0.39, 0.29) is 34.2 Å². The molecule has 0 atom stereocenters. The molecule has 9 nitrogen and oxygen atoms in total. The maximum atomic E-state index is 12.9. The lowest BCUT2D eigenvalue weighted by Crippen LogP contribution is -2.45. The smallest absolute Gasteiger partial charge is 0.360 e. The van der Waals surface area contributed by atoms with E-state index < -0.39 is 11.8 Å². The summed E-state index contributed by atoms with van der Waals surface area (Å²) >= 11 is 1.15. The summed E-state index contributed by atoms with van der Waals surface area (Å²) in [5, 5.41) is 18.1. The molecule has 0 spiro atoms. The summed E-state index contributed by atoms with van der Waals surface area (Å²) in [4.78, 5) is 24.9. The number of esters is 1. The van der Waals surface area contributed by atoms with Crippen molar-refractivity contribution in [3.63, 3.8) is 0 Å². The van der Waals surface area contributed by atoms with Crippen molar-refractivity contribution in [3.05, 3.63) is 28.0 Å². The fraction of sp³-hybridized carbons (Fsp3) is 0.474. The van der Waals surface area contributed by atoms with Crippen LogP contribution < -0.4 is 10.7 Å². The molecule has 1 aliphatic heterocycles. The predicted octanol–water partition coefficient (Wildman–Crippen LogP) is 2.82. The number of hydrazine groups is 1. The molecule has 0 radical (unpaired) electrons. The van der Waals surface area contributed by atoms with Crippen molar-refractivity contribution in [2.24, 2.45) is 0 Å². The summed E-state index contributed by atoms with van der Waals surface area (Å²) in [7, 11) is 0. The monoisotopic (exact) mass is 417 g/mol. The maximum Gasteiger partial charge on any atom is 0.360 e. The number of nitrogens with two attached hydrogens (primary N) is 1. The minimum atomic E-state index is -0.671. The molecule has 0 unspecified atom stereocenters. The lowest BCUT2D eigenvalue weighted by molar-refractivity contribution is 0.0514. The normalized spacial score (nSPS) is 14.4. The Morgan fingerprint density at radius 3 is 2.72 bits per heavy atom. The molecule has 1 fully saturated rings. The summed E-state index contributed by atoms with van der Waals surface area (Å²) in [6.07, 6.45) is 3.35. The molecule has 3 heterocycles. The van der Waals surface area contributed by atoms with Crippen LogP contribution in [0.2, 0.25) is 0 Å². The van der Waals surface area contributed by atoms with Gasteiger partial charge in [0.1, 0.15) is 21.5 Å². The first-order chi connectivity index (χ1) is 14.0. The van der Waals surface area contributed by atoms with Gasteiger partial charge in [-0.25, -0.2) is 9.80 Å². The van der Waals surface area contributed by atoms with Crippen LogP contribution in [0.3, 0.4) is 0 Å². The molecule has 0 aromatic carbocycles. The first-order valence-electron chi connectivity index (χ1n) is 9.55. The van der Waals surface area contributed by atoms with Gasteiger partial charge in [-0.15, -0.1) is 11.3 Å². The van der Waals surface area contributed by atoms with Crippen molar-refractivity contribution in [1.29, 1.82) is 5.26 Å². The molecule has 1 aliphatic rings. The van der Waals surface area contributed by atoms with Crippen molar-refractivity contribution >= 4 is 33.8 Å². The highest BCUT2D eigenvalue weighted by Crippen LogP contribution is 2.40. The van der Waals surface area contributed by atoms with Crippen molar-refractivity contribution < 1.29 is 18.8 Å². The van der Waals surface area contributed by atoms with Gasteiger partial charge in [0.25, 0.3) is 0 Å². The number of carbonyl (C=O) groups is 2. The van der Waals surface area contributed by atoms with Crippen LogP contribution in [0.4, 0.5) is 10.7 Å². The van der Waals surface area contributed by atoms with E-state index in [2.05, 4.69) is 16.2 Å². The number of ketones is 1. The van der Waals surface area contributed by atoms with E-state index in [1.54, 1.807) is 6.92 Å². The van der Waals surface area contributed by atoms with Crippen LogP contribution in [-0.4, -0.2) is 48.2 Å². The molecule has 0 aliphatic carbocycles. The topological polar surface area (TPSA) is 126 Å². The molecule has 10 heteroatoms. The largest absolute Gasteiger partial charge is 0.461 e. The molecule has 2 aromatic heterocycles. The number of nitrogen functional groups attached to an aromatic ring is 1. The van der Waals surface area contributed by atoms with Crippen molar-refractivity contribution in [2.45, 2.75) is 33.1 Å². The highest BCUT2D eigenvalue weighted by Gasteiger charge is 2.30. The van der Waals surface area contributed by atoms with Gasteiger partial charge in [-0.3, -0.25) is 9.80 Å². The maximum absolute atomic E-state index is 12.9. The number of nitrogens with zero attached hydrogens (tertiary/aromatic N) is 4. The van der Waals surface area contributed by atoms with Crippen LogP contribution in [0.25, 0.3) is 0 Å². The molecule has 2 aromatic rings. The first-order valence-corrected chi connectivity index (χ1v) is 10.4. The number of hydrogen-bond donors (Lipinski definition) is 1. The molecule has 1 saturated heterocycles. The van der Waals surface area contributed by atoms with Gasteiger partial charge >= 0.3 is 5.97 Å². The number of piperidine rings is 1. The SMILES string of the molecule is CCOC(=O)c1cc(C(=O)c2sc(N(CC)N3CCCCC3)c(C#N)c2N)on1. The molecule has 3 rings (SSSR count). The minimum Gasteiger partial charge on any atom is -0.461 e. The van der Waals surface area contributed by atoms with Crippen molar-refractivity contribution in [2.75, 3.05) is 37.0 Å². The van der Waals surface area contributed by atoms with Gasteiger partial charge in [0.15, 0.2) is 5.69 Å². The number of thiophene rings is 1. The van der Waals surface area contributed by atoms with Crippen LogP contribution in [-0.2, 0) is 4.74 Å². The minimum absolute atomic E-state index is 0.0884. The Balaban J connectivity index is 1.93. The molecule has 29 heavy (non-hydrogen) atoms. The summed E-state index contributed by atoms with van der Waals surface area (Å²) in [5.74, 6) is -1.32. The molecule has 154 valence electrons. The third kappa shape index (κ3) is 4.11. The van der Waals surface area contributed by atoms with Gasteiger partial charge in [-0.1, -0.05) is 11.6 Å². The Hall–Kier alpha value is -2.90. The average Bonchev–Trinajstić information content (AvgIpc) is 3.34. The summed E-state index contributed by atoms with van der Waals surface area (Å²) in [5.41, 5.74) is 6.46. The number of rotatable bonds is 7. The number of anilines is 2. The van der Waals surface area contributed by atoms with E-state index >= 15 is 0 Å². The van der Waals surface area contributed by atoms with Crippen LogP contribution in [0.15, 0.2) is 10.6 Å². The van der Waals surface area contributed by atoms with Crippen molar-refractivity contribution in [3.8, 4) is 6.07 Å². The van der Waals surface area contributed by atoms with E-state index in [1.807, 2.05) is 11.9 Å². The number of aromatic nitrogens is 1. The highest BCUT2D eigenvalue weighted by molar-refractivity contribution is 7.19. The molecular formula is C19H23N5O4S. The third-order valence-electron chi connectivity index (χ3n) is 4.67. The van der Waals surface area contributed by atoms with Gasteiger partial charge in [0.2, 0.25) is 11.5 Å². The molecular weight excluding hydrogens is 394 g/mol. The fourth-order valence-electron chi connectivity index (χ4n) is 3.28. The zero-order valence-corrected chi connectivity index (χ0v) is 17.3. The Labute approximate surface area is 172 Å². The zero-order chi connectivity index (χ0) is 21.0. The van der Waals surface area contributed by atoms with Gasteiger partial charge in [0, 0.05) is 25.7 Å². The third-order valence-corrected chi connectivity index (χ3v) is 5.89. The van der Waals surface area contributed by atoms with Gasteiger partial charge in [-0.05, 0) is 26.7 Å². The average molecular weight is 417 g/mol. The molecule has 0 amide bonds. The molecule has 0 saturated carbocycles. The van der Waals surface area contributed by atoms with Gasteiger partial charge in [0.05, 0.1) is 12.3 Å².